The molecule has 8 heteroatoms. The maximum Gasteiger partial charge on any atom is 0.261 e. The van der Waals surface area contributed by atoms with Crippen LogP contribution in [-0.4, -0.2) is 84.7 Å². The van der Waals surface area contributed by atoms with Gasteiger partial charge in [-0.05, 0) is 23.6 Å². The van der Waals surface area contributed by atoms with Crippen molar-refractivity contribution in [2.45, 2.75) is 24.4 Å². The summed E-state index contributed by atoms with van der Waals surface area (Å²) in [6.45, 7) is 3.34. The third-order valence-electron chi connectivity index (χ3n) is 5.71. The third kappa shape index (κ3) is 4.46. The van der Waals surface area contributed by atoms with Crippen LogP contribution in [-0.2, 0) is 4.74 Å². The summed E-state index contributed by atoms with van der Waals surface area (Å²) in [4.78, 5) is 17.5. The summed E-state index contributed by atoms with van der Waals surface area (Å²) in [5, 5.41) is 25.1. The van der Waals surface area contributed by atoms with E-state index in [2.05, 4.69) is 27.2 Å². The molecule has 7 nitrogen and oxygen atoms in total. The van der Waals surface area contributed by atoms with Crippen molar-refractivity contribution in [1.29, 1.82) is 0 Å². The van der Waals surface area contributed by atoms with E-state index in [0.717, 1.165) is 26.2 Å². The van der Waals surface area contributed by atoms with Crippen molar-refractivity contribution >= 4 is 22.9 Å². The summed E-state index contributed by atoms with van der Waals surface area (Å²) >= 11 is 1.39. The highest BCUT2D eigenvalue weighted by molar-refractivity contribution is 7.12. The summed E-state index contributed by atoms with van der Waals surface area (Å²) in [6, 6.07) is 13.7. The highest BCUT2D eigenvalue weighted by Gasteiger charge is 2.46. The minimum atomic E-state index is -0.785. The van der Waals surface area contributed by atoms with E-state index >= 15 is 0 Å². The quantitative estimate of drug-likeness (QED) is 0.645. The first-order chi connectivity index (χ1) is 14.2. The zero-order valence-electron chi connectivity index (χ0n) is 16.2. The van der Waals surface area contributed by atoms with Crippen molar-refractivity contribution in [3.05, 3.63) is 52.7 Å². The summed E-state index contributed by atoms with van der Waals surface area (Å²) in [5.41, 5.74) is 1.20. The number of hydrogen-bond acceptors (Lipinski definition) is 7. The molecule has 0 bridgehead atoms. The van der Waals surface area contributed by atoms with Gasteiger partial charge in [0.2, 0.25) is 0 Å². The topological polar surface area (TPSA) is 85.3 Å². The van der Waals surface area contributed by atoms with E-state index < -0.39 is 12.2 Å². The highest BCUT2D eigenvalue weighted by Crippen LogP contribution is 2.27. The number of para-hydroxylation sites is 1. The number of ether oxygens (including phenoxy) is 1. The Kier molecular flexibility index (Phi) is 6.46. The number of amides is 1. The normalized spacial score (nSPS) is 27.9. The summed E-state index contributed by atoms with van der Waals surface area (Å²) in [7, 11) is 0. The number of anilines is 1. The number of carbonyl (C=O) groups excluding carboxylic acids is 1. The lowest BCUT2D eigenvalue weighted by atomic mass is 10.0. The fourth-order valence-electron chi connectivity index (χ4n) is 4.20. The van der Waals surface area contributed by atoms with Gasteiger partial charge in [0.15, 0.2) is 0 Å². The number of rotatable bonds is 6. The lowest BCUT2D eigenvalue weighted by Crippen LogP contribution is -2.57. The zero-order chi connectivity index (χ0) is 20.2. The smallest absolute Gasteiger partial charge is 0.261 e. The maximum absolute atomic E-state index is 12.3. The molecule has 1 amide bonds. The number of hydrogen-bond donors (Lipinski definition) is 3. The Labute approximate surface area is 174 Å². The van der Waals surface area contributed by atoms with Crippen molar-refractivity contribution in [1.82, 2.24) is 10.2 Å². The van der Waals surface area contributed by atoms with Crippen molar-refractivity contribution in [3.63, 3.8) is 0 Å². The second-order valence-electron chi connectivity index (χ2n) is 7.42. The first-order valence-corrected chi connectivity index (χ1v) is 10.9. The molecule has 3 heterocycles. The molecule has 0 saturated carbocycles. The molecule has 0 spiro atoms. The Hall–Kier alpha value is -1.97. The van der Waals surface area contributed by atoms with E-state index in [1.807, 2.05) is 29.6 Å². The van der Waals surface area contributed by atoms with Crippen LogP contribution in [0.1, 0.15) is 9.67 Å². The van der Waals surface area contributed by atoms with E-state index in [9.17, 15) is 15.0 Å². The molecule has 0 aliphatic carbocycles. The Balaban J connectivity index is 1.39. The van der Waals surface area contributed by atoms with Gasteiger partial charge in [0.1, 0.15) is 12.2 Å². The number of thiophene rings is 1. The van der Waals surface area contributed by atoms with Crippen LogP contribution in [0.15, 0.2) is 47.8 Å². The Morgan fingerprint density at radius 2 is 1.86 bits per heavy atom. The van der Waals surface area contributed by atoms with Gasteiger partial charge in [-0.1, -0.05) is 24.3 Å². The number of aliphatic hydroxyl groups excluding tert-OH is 2. The zero-order valence-corrected chi connectivity index (χ0v) is 17.0. The van der Waals surface area contributed by atoms with Gasteiger partial charge < -0.3 is 25.2 Å². The van der Waals surface area contributed by atoms with Crippen LogP contribution in [0.4, 0.5) is 5.69 Å². The molecule has 2 aliphatic heterocycles. The number of aliphatic hydroxyl groups is 2. The molecule has 2 fully saturated rings. The first kappa shape index (κ1) is 20.3. The molecular formula is C21H27N3O4S. The van der Waals surface area contributed by atoms with Crippen LogP contribution in [0.25, 0.3) is 0 Å². The molecule has 2 saturated heterocycles. The number of piperazine rings is 1. The van der Waals surface area contributed by atoms with E-state index in [1.165, 1.54) is 17.0 Å². The fourth-order valence-corrected chi connectivity index (χ4v) is 4.84. The summed E-state index contributed by atoms with van der Waals surface area (Å²) in [6.07, 6.45) is -1.78. The number of benzene rings is 1. The molecule has 0 radical (unpaired) electrons. The van der Waals surface area contributed by atoms with Crippen molar-refractivity contribution < 1.29 is 19.7 Å². The van der Waals surface area contributed by atoms with Gasteiger partial charge in [0.05, 0.1) is 23.6 Å². The Morgan fingerprint density at radius 3 is 2.52 bits per heavy atom. The molecule has 4 atom stereocenters. The Morgan fingerprint density at radius 1 is 1.10 bits per heavy atom. The Bertz CT molecular complexity index is 780. The summed E-state index contributed by atoms with van der Waals surface area (Å²) < 4.78 is 5.90. The van der Waals surface area contributed by atoms with Crippen LogP contribution >= 0.6 is 11.3 Å². The highest BCUT2D eigenvalue weighted by atomic mass is 32.1. The van der Waals surface area contributed by atoms with Gasteiger partial charge >= 0.3 is 0 Å². The maximum atomic E-state index is 12.3. The lowest BCUT2D eigenvalue weighted by molar-refractivity contribution is -0.0209. The molecule has 1 aromatic heterocycles. The molecule has 29 heavy (non-hydrogen) atoms. The number of nitrogens with one attached hydrogen (secondary N) is 1. The van der Waals surface area contributed by atoms with Crippen LogP contribution in [0.2, 0.25) is 0 Å². The van der Waals surface area contributed by atoms with Crippen molar-refractivity contribution in [3.8, 4) is 0 Å². The third-order valence-corrected chi connectivity index (χ3v) is 6.58. The minimum Gasteiger partial charge on any atom is -0.394 e. The first-order valence-electron chi connectivity index (χ1n) is 9.97. The van der Waals surface area contributed by atoms with Gasteiger partial charge in [-0.2, -0.15) is 0 Å². The minimum absolute atomic E-state index is 0.141. The van der Waals surface area contributed by atoms with Gasteiger partial charge in [-0.15, -0.1) is 11.3 Å². The van der Waals surface area contributed by atoms with Gasteiger partial charge in [0, 0.05) is 38.4 Å². The molecule has 156 valence electrons. The van der Waals surface area contributed by atoms with E-state index in [4.69, 9.17) is 4.74 Å². The average Bonchev–Trinajstić information content (AvgIpc) is 3.41. The van der Waals surface area contributed by atoms with E-state index in [0.29, 0.717) is 11.4 Å². The molecule has 1 aromatic carbocycles. The van der Waals surface area contributed by atoms with Crippen molar-refractivity contribution in [2.24, 2.45) is 0 Å². The van der Waals surface area contributed by atoms with Crippen molar-refractivity contribution in [2.75, 3.05) is 44.2 Å². The predicted molar refractivity (Wildman–Crippen MR) is 112 cm³/mol. The average molecular weight is 418 g/mol. The molecule has 4 rings (SSSR count). The molecule has 2 aliphatic rings. The summed E-state index contributed by atoms with van der Waals surface area (Å²) in [5.74, 6) is -0.141. The second-order valence-corrected chi connectivity index (χ2v) is 8.37. The van der Waals surface area contributed by atoms with Crippen LogP contribution in [0, 0.1) is 0 Å². The lowest BCUT2D eigenvalue weighted by Gasteiger charge is -2.41. The molecule has 3 N–H and O–H groups in total. The number of nitrogens with zero attached hydrogens (tertiary/aromatic N) is 2. The van der Waals surface area contributed by atoms with Gasteiger partial charge in [-0.25, -0.2) is 0 Å². The predicted octanol–water partition coefficient (Wildman–Crippen LogP) is 0.789. The van der Waals surface area contributed by atoms with Crippen LogP contribution in [0.3, 0.4) is 0 Å². The van der Waals surface area contributed by atoms with Gasteiger partial charge in [-0.3, -0.25) is 9.69 Å². The van der Waals surface area contributed by atoms with Crippen LogP contribution in [0.5, 0.6) is 0 Å². The molecule has 0 unspecified atom stereocenters. The van der Waals surface area contributed by atoms with E-state index in [1.54, 1.807) is 6.07 Å². The monoisotopic (exact) mass is 417 g/mol. The van der Waals surface area contributed by atoms with Gasteiger partial charge in [0.25, 0.3) is 5.91 Å². The fraction of sp³-hybridized carbons (Fsp3) is 0.476. The largest absolute Gasteiger partial charge is 0.394 e. The van der Waals surface area contributed by atoms with E-state index in [-0.39, 0.29) is 24.7 Å². The number of carbonyl (C=O) groups is 1. The standard InChI is InChI=1S/C21H27N3O4S/c25-14-17-20(26)19(16(28-17)13-22-21(27)18-7-4-12-29-18)24-10-8-23(9-11-24)15-5-2-1-3-6-15/h1-7,12,16-17,19-20,25-26H,8-11,13-14H2,(H,22,27)/t16-,17+,19+,20-/m1/s1. The molecule has 2 aromatic rings. The second kappa shape index (κ2) is 9.23. The molecular weight excluding hydrogens is 390 g/mol. The van der Waals surface area contributed by atoms with Crippen LogP contribution < -0.4 is 10.2 Å². The SMILES string of the molecule is O=C(NC[C@H]1O[C@@H](CO)[C@@H](O)[C@H]1N1CCN(c2ccccc2)CC1)c1cccs1.